The zero-order chi connectivity index (χ0) is 17.6. The standard InChI is InChI=1S/C20H23ClN2O2/c1-25-18-6-4-12-23(14-18)17-10-8-16(9-11-17)22-20(24)13-15-5-2-3-7-19(15)21/h2-3,5,7-11,18H,4,6,12-14H2,1H3,(H,22,24). The summed E-state index contributed by atoms with van der Waals surface area (Å²) < 4.78 is 5.48. The number of amides is 1. The Bertz CT molecular complexity index is 718. The summed E-state index contributed by atoms with van der Waals surface area (Å²) in [4.78, 5) is 14.5. The van der Waals surface area contributed by atoms with E-state index in [1.165, 1.54) is 0 Å². The van der Waals surface area contributed by atoms with Crippen LogP contribution in [0, 0.1) is 0 Å². The fourth-order valence-electron chi connectivity index (χ4n) is 3.14. The summed E-state index contributed by atoms with van der Waals surface area (Å²) in [5.74, 6) is -0.0710. The lowest BCUT2D eigenvalue weighted by Gasteiger charge is -2.33. The van der Waals surface area contributed by atoms with Crippen molar-refractivity contribution in [3.63, 3.8) is 0 Å². The molecule has 4 nitrogen and oxygen atoms in total. The molecule has 1 heterocycles. The maximum Gasteiger partial charge on any atom is 0.228 e. The van der Waals surface area contributed by atoms with E-state index in [0.29, 0.717) is 11.1 Å². The van der Waals surface area contributed by atoms with Crippen LogP contribution in [0.1, 0.15) is 18.4 Å². The van der Waals surface area contributed by atoms with Crippen molar-refractivity contribution in [1.29, 1.82) is 0 Å². The monoisotopic (exact) mass is 358 g/mol. The number of methoxy groups -OCH3 is 1. The van der Waals surface area contributed by atoms with Crippen LogP contribution in [0.25, 0.3) is 0 Å². The Labute approximate surface area is 153 Å². The van der Waals surface area contributed by atoms with Crippen molar-refractivity contribution in [2.45, 2.75) is 25.4 Å². The highest BCUT2D eigenvalue weighted by Gasteiger charge is 2.19. The molecule has 1 aliphatic heterocycles. The van der Waals surface area contributed by atoms with Crippen LogP contribution >= 0.6 is 11.6 Å². The van der Waals surface area contributed by atoms with E-state index < -0.39 is 0 Å². The molecule has 25 heavy (non-hydrogen) atoms. The van der Waals surface area contributed by atoms with E-state index in [4.69, 9.17) is 16.3 Å². The van der Waals surface area contributed by atoms with E-state index >= 15 is 0 Å². The molecule has 1 atom stereocenters. The van der Waals surface area contributed by atoms with Crippen LogP contribution in [-0.2, 0) is 16.0 Å². The highest BCUT2D eigenvalue weighted by atomic mass is 35.5. The zero-order valence-corrected chi connectivity index (χ0v) is 15.1. The summed E-state index contributed by atoms with van der Waals surface area (Å²) in [6, 6.07) is 15.4. The SMILES string of the molecule is COC1CCCN(c2ccc(NC(=O)Cc3ccccc3Cl)cc2)C1. The summed E-state index contributed by atoms with van der Waals surface area (Å²) in [5.41, 5.74) is 2.78. The molecule has 3 rings (SSSR count). The van der Waals surface area contributed by atoms with Gasteiger partial charge in [-0.05, 0) is 48.7 Å². The van der Waals surface area contributed by atoms with Gasteiger partial charge < -0.3 is 15.0 Å². The molecule has 1 fully saturated rings. The number of halogens is 1. The quantitative estimate of drug-likeness (QED) is 0.873. The topological polar surface area (TPSA) is 41.6 Å². The average molecular weight is 359 g/mol. The fraction of sp³-hybridized carbons (Fsp3) is 0.350. The second kappa shape index (κ2) is 8.37. The molecule has 5 heteroatoms. The van der Waals surface area contributed by atoms with Gasteiger partial charge in [0.15, 0.2) is 0 Å². The third kappa shape index (κ3) is 4.74. The van der Waals surface area contributed by atoms with Gasteiger partial charge in [0.05, 0.1) is 12.5 Å². The van der Waals surface area contributed by atoms with Crippen LogP contribution in [-0.4, -0.2) is 32.2 Å². The average Bonchev–Trinajstić information content (AvgIpc) is 2.64. The first-order valence-electron chi connectivity index (χ1n) is 8.57. The number of carbonyl (C=O) groups is 1. The van der Waals surface area contributed by atoms with Gasteiger partial charge in [-0.25, -0.2) is 0 Å². The van der Waals surface area contributed by atoms with Gasteiger partial charge in [0.25, 0.3) is 0 Å². The second-order valence-electron chi connectivity index (χ2n) is 6.31. The number of anilines is 2. The van der Waals surface area contributed by atoms with Crippen molar-refractivity contribution in [2.75, 3.05) is 30.4 Å². The van der Waals surface area contributed by atoms with Gasteiger partial charge in [-0.3, -0.25) is 4.79 Å². The van der Waals surface area contributed by atoms with Crippen LogP contribution in [0.5, 0.6) is 0 Å². The molecule has 1 aliphatic rings. The number of ether oxygens (including phenoxy) is 1. The van der Waals surface area contributed by atoms with E-state index in [1.54, 1.807) is 13.2 Å². The number of hydrogen-bond acceptors (Lipinski definition) is 3. The van der Waals surface area contributed by atoms with Gasteiger partial charge in [-0.2, -0.15) is 0 Å². The summed E-state index contributed by atoms with van der Waals surface area (Å²) in [6.07, 6.45) is 2.81. The molecule has 2 aromatic rings. The number of piperidine rings is 1. The fourth-order valence-corrected chi connectivity index (χ4v) is 3.34. The minimum Gasteiger partial charge on any atom is -0.380 e. The van der Waals surface area contributed by atoms with Gasteiger partial charge >= 0.3 is 0 Å². The lowest BCUT2D eigenvalue weighted by Crippen LogP contribution is -2.39. The van der Waals surface area contributed by atoms with E-state index in [1.807, 2.05) is 42.5 Å². The Morgan fingerprint density at radius 2 is 2.00 bits per heavy atom. The van der Waals surface area contributed by atoms with Crippen molar-refractivity contribution in [3.05, 3.63) is 59.1 Å². The molecule has 2 aromatic carbocycles. The lowest BCUT2D eigenvalue weighted by atomic mass is 10.1. The highest BCUT2D eigenvalue weighted by Crippen LogP contribution is 2.23. The summed E-state index contributed by atoms with van der Waals surface area (Å²) in [5, 5.41) is 3.54. The normalized spacial score (nSPS) is 17.4. The zero-order valence-electron chi connectivity index (χ0n) is 14.4. The first-order chi connectivity index (χ1) is 12.2. The Morgan fingerprint density at radius 3 is 2.72 bits per heavy atom. The molecule has 1 saturated heterocycles. The molecule has 0 spiro atoms. The number of hydrogen-bond donors (Lipinski definition) is 1. The lowest BCUT2D eigenvalue weighted by molar-refractivity contribution is -0.115. The minimum absolute atomic E-state index is 0.0710. The van der Waals surface area contributed by atoms with Gasteiger partial charge in [-0.1, -0.05) is 29.8 Å². The smallest absolute Gasteiger partial charge is 0.228 e. The maximum absolute atomic E-state index is 12.2. The summed E-state index contributed by atoms with van der Waals surface area (Å²) in [6.45, 7) is 1.95. The Kier molecular flexibility index (Phi) is 5.95. The van der Waals surface area contributed by atoms with E-state index in [9.17, 15) is 4.79 Å². The van der Waals surface area contributed by atoms with Crippen molar-refractivity contribution in [2.24, 2.45) is 0 Å². The van der Waals surface area contributed by atoms with Crippen LogP contribution in [0.2, 0.25) is 5.02 Å². The van der Waals surface area contributed by atoms with Crippen LogP contribution in [0.3, 0.4) is 0 Å². The first kappa shape index (κ1) is 17.8. The van der Waals surface area contributed by atoms with Crippen LogP contribution in [0.4, 0.5) is 11.4 Å². The summed E-state index contributed by atoms with van der Waals surface area (Å²) in [7, 11) is 1.77. The molecule has 0 aromatic heterocycles. The molecule has 0 radical (unpaired) electrons. The molecule has 132 valence electrons. The van der Waals surface area contributed by atoms with Gasteiger partial charge in [0, 0.05) is 36.6 Å². The highest BCUT2D eigenvalue weighted by molar-refractivity contribution is 6.31. The third-order valence-electron chi connectivity index (χ3n) is 4.54. The number of carbonyl (C=O) groups excluding carboxylic acids is 1. The van der Waals surface area contributed by atoms with Crippen LogP contribution in [0.15, 0.2) is 48.5 Å². The number of nitrogens with one attached hydrogen (secondary N) is 1. The van der Waals surface area contributed by atoms with E-state index in [2.05, 4.69) is 10.2 Å². The molecular formula is C20H23ClN2O2. The predicted octanol–water partition coefficient (Wildman–Crippen LogP) is 4.14. The Hall–Kier alpha value is -2.04. The van der Waals surface area contributed by atoms with Gasteiger partial charge in [0.2, 0.25) is 5.91 Å². The molecule has 1 amide bonds. The predicted molar refractivity (Wildman–Crippen MR) is 102 cm³/mol. The molecule has 0 bridgehead atoms. The summed E-state index contributed by atoms with van der Waals surface area (Å²) >= 11 is 6.11. The van der Waals surface area contributed by atoms with Crippen molar-refractivity contribution < 1.29 is 9.53 Å². The van der Waals surface area contributed by atoms with Crippen molar-refractivity contribution in [1.82, 2.24) is 0 Å². The number of rotatable bonds is 5. The maximum atomic E-state index is 12.2. The molecule has 1 N–H and O–H groups in total. The third-order valence-corrected chi connectivity index (χ3v) is 4.91. The Balaban J connectivity index is 1.59. The molecule has 0 aliphatic carbocycles. The van der Waals surface area contributed by atoms with Crippen LogP contribution < -0.4 is 10.2 Å². The minimum atomic E-state index is -0.0710. The van der Waals surface area contributed by atoms with Crippen molar-refractivity contribution >= 4 is 28.9 Å². The largest absolute Gasteiger partial charge is 0.380 e. The van der Waals surface area contributed by atoms with Gasteiger partial charge in [0.1, 0.15) is 0 Å². The Morgan fingerprint density at radius 1 is 1.24 bits per heavy atom. The first-order valence-corrected chi connectivity index (χ1v) is 8.94. The van der Waals surface area contributed by atoms with E-state index in [0.717, 1.165) is 42.9 Å². The molecular weight excluding hydrogens is 336 g/mol. The molecule has 1 unspecified atom stereocenters. The van der Waals surface area contributed by atoms with Gasteiger partial charge in [-0.15, -0.1) is 0 Å². The number of benzene rings is 2. The number of nitrogens with zero attached hydrogens (tertiary/aromatic N) is 1. The molecule has 0 saturated carbocycles. The van der Waals surface area contributed by atoms with Crippen molar-refractivity contribution in [3.8, 4) is 0 Å². The second-order valence-corrected chi connectivity index (χ2v) is 6.72. The van der Waals surface area contributed by atoms with E-state index in [-0.39, 0.29) is 12.3 Å².